The second kappa shape index (κ2) is 4.51. The van der Waals surface area contributed by atoms with Crippen molar-refractivity contribution >= 4 is 11.8 Å². The zero-order valence-electron chi connectivity index (χ0n) is 10.1. The van der Waals surface area contributed by atoms with Gasteiger partial charge < -0.3 is 15.6 Å². The van der Waals surface area contributed by atoms with Gasteiger partial charge in [-0.3, -0.25) is 0 Å². The molecule has 0 unspecified atom stereocenters. The zero-order chi connectivity index (χ0) is 15.1. The van der Waals surface area contributed by atoms with Crippen molar-refractivity contribution in [3.63, 3.8) is 0 Å². The highest BCUT2D eigenvalue weighted by Gasteiger charge is 2.30. The van der Waals surface area contributed by atoms with Crippen LogP contribution in [-0.4, -0.2) is 20.7 Å². The second-order valence-electron chi connectivity index (χ2n) is 3.95. The topological polar surface area (TPSA) is 96.9 Å². The van der Waals surface area contributed by atoms with Crippen LogP contribution >= 0.6 is 0 Å². The van der Waals surface area contributed by atoms with Gasteiger partial charge in [0.15, 0.2) is 5.82 Å². The van der Waals surface area contributed by atoms with Gasteiger partial charge in [-0.1, -0.05) is 0 Å². The van der Waals surface area contributed by atoms with E-state index in [1.165, 1.54) is 6.92 Å². The fourth-order valence-electron chi connectivity index (χ4n) is 1.65. The lowest BCUT2D eigenvalue weighted by atomic mass is 10.2. The Morgan fingerprint density at radius 3 is 2.45 bits per heavy atom. The molecule has 106 valence electrons. The van der Waals surface area contributed by atoms with Crippen molar-refractivity contribution in [2.75, 3.05) is 5.73 Å². The smallest absolute Gasteiger partial charge is 0.417 e. The molecule has 0 aliphatic heterocycles. The zero-order valence-corrected chi connectivity index (χ0v) is 10.1. The van der Waals surface area contributed by atoms with Crippen molar-refractivity contribution in [3.05, 3.63) is 35.2 Å². The van der Waals surface area contributed by atoms with Crippen LogP contribution < -0.4 is 10.8 Å². The van der Waals surface area contributed by atoms with Gasteiger partial charge in [0.05, 0.1) is 22.8 Å². The van der Waals surface area contributed by atoms with E-state index >= 15 is 0 Å². The maximum atomic E-state index is 12.4. The number of rotatable bonds is 2. The molecule has 0 atom stereocenters. The molecule has 0 spiro atoms. The molecule has 2 aromatic heterocycles. The van der Waals surface area contributed by atoms with Gasteiger partial charge >= 0.3 is 6.18 Å². The number of pyridine rings is 1. The third-order valence-corrected chi connectivity index (χ3v) is 2.59. The fourth-order valence-corrected chi connectivity index (χ4v) is 1.65. The minimum absolute atomic E-state index is 0.0221. The first kappa shape index (κ1) is 13.8. The lowest BCUT2D eigenvalue weighted by Crippen LogP contribution is -2.24. The van der Waals surface area contributed by atoms with Gasteiger partial charge in [0.25, 0.3) is 0 Å². The largest absolute Gasteiger partial charge is 0.545 e. The molecule has 6 nitrogen and oxygen atoms in total. The molecule has 0 fully saturated rings. The van der Waals surface area contributed by atoms with Gasteiger partial charge in [-0.15, -0.1) is 0 Å². The first-order valence-electron chi connectivity index (χ1n) is 5.32. The third kappa shape index (κ3) is 2.29. The Morgan fingerprint density at radius 1 is 1.40 bits per heavy atom. The summed E-state index contributed by atoms with van der Waals surface area (Å²) in [5, 5.41) is 14.7. The van der Waals surface area contributed by atoms with E-state index in [2.05, 4.69) is 10.1 Å². The summed E-state index contributed by atoms with van der Waals surface area (Å²) >= 11 is 0. The summed E-state index contributed by atoms with van der Waals surface area (Å²) in [4.78, 5) is 14.4. The monoisotopic (exact) mass is 285 g/mol. The van der Waals surface area contributed by atoms with Gasteiger partial charge in [-0.25, -0.2) is 4.98 Å². The first-order chi connectivity index (χ1) is 9.21. The molecule has 9 heteroatoms. The number of nitrogens with two attached hydrogens (primary N) is 1. The van der Waals surface area contributed by atoms with E-state index in [4.69, 9.17) is 5.73 Å². The Labute approximate surface area is 110 Å². The van der Waals surface area contributed by atoms with Crippen molar-refractivity contribution < 1.29 is 23.1 Å². The normalized spacial score (nSPS) is 11.6. The predicted molar refractivity (Wildman–Crippen MR) is 59.8 cm³/mol. The summed E-state index contributed by atoms with van der Waals surface area (Å²) in [5.74, 6) is -1.79. The molecule has 0 amide bonds. The highest BCUT2D eigenvalue weighted by molar-refractivity contribution is 5.92. The molecule has 0 aromatic carbocycles. The van der Waals surface area contributed by atoms with E-state index in [9.17, 15) is 23.1 Å². The fraction of sp³-hybridized carbons (Fsp3) is 0.182. The first-order valence-corrected chi connectivity index (χ1v) is 5.32. The predicted octanol–water partition coefficient (Wildman–Crippen LogP) is 0.540. The van der Waals surface area contributed by atoms with Crippen molar-refractivity contribution in [2.24, 2.45) is 0 Å². The van der Waals surface area contributed by atoms with Crippen LogP contribution in [-0.2, 0) is 6.18 Å². The highest BCUT2D eigenvalue weighted by Crippen LogP contribution is 2.29. The van der Waals surface area contributed by atoms with Crippen LogP contribution in [0, 0.1) is 6.92 Å². The molecule has 20 heavy (non-hydrogen) atoms. The number of halogens is 3. The summed E-state index contributed by atoms with van der Waals surface area (Å²) in [6, 6.07) is 1.85. The number of aryl methyl sites for hydroxylation is 1. The summed E-state index contributed by atoms with van der Waals surface area (Å²) in [7, 11) is 0. The number of aromatic nitrogens is 3. The maximum Gasteiger partial charge on any atom is 0.417 e. The number of carboxylic acids is 1. The van der Waals surface area contributed by atoms with Crippen molar-refractivity contribution in [1.29, 1.82) is 0 Å². The number of alkyl halides is 3. The number of carbonyl (C=O) groups excluding carboxylic acids is 1. The molecule has 2 aromatic rings. The molecule has 2 rings (SSSR count). The number of hydrogen-bond acceptors (Lipinski definition) is 5. The quantitative estimate of drug-likeness (QED) is 0.868. The van der Waals surface area contributed by atoms with Crippen LogP contribution in [0.3, 0.4) is 0 Å². The molecular weight excluding hydrogens is 277 g/mol. The van der Waals surface area contributed by atoms with Crippen LogP contribution in [0.4, 0.5) is 19.0 Å². The maximum absolute atomic E-state index is 12.4. The number of aromatic carboxylic acids is 1. The number of nitrogens with zero attached hydrogens (tertiary/aromatic N) is 3. The summed E-state index contributed by atoms with van der Waals surface area (Å²) in [5.41, 5.74) is 4.43. The highest BCUT2D eigenvalue weighted by atomic mass is 19.4. The SMILES string of the molecule is Cc1nn(-c2ccc(C(F)(F)F)cn2)c(N)c1C(=O)[O-]. The number of carboxylic acid groups (broad SMARTS) is 1. The Balaban J connectivity index is 2.48. The lowest BCUT2D eigenvalue weighted by molar-refractivity contribution is -0.255. The van der Waals surface area contributed by atoms with Gasteiger partial charge in [0, 0.05) is 6.20 Å². The van der Waals surface area contributed by atoms with Gasteiger partial charge in [0.2, 0.25) is 0 Å². The van der Waals surface area contributed by atoms with E-state index < -0.39 is 17.7 Å². The molecule has 2 heterocycles. The minimum atomic E-state index is -4.51. The molecule has 0 radical (unpaired) electrons. The lowest BCUT2D eigenvalue weighted by Gasteiger charge is -2.08. The summed E-state index contributed by atoms with van der Waals surface area (Å²) < 4.78 is 38.2. The van der Waals surface area contributed by atoms with E-state index in [1.54, 1.807) is 0 Å². The minimum Gasteiger partial charge on any atom is -0.545 e. The van der Waals surface area contributed by atoms with Crippen LogP contribution in [0.2, 0.25) is 0 Å². The van der Waals surface area contributed by atoms with Crippen molar-refractivity contribution in [3.8, 4) is 5.82 Å². The van der Waals surface area contributed by atoms with E-state index in [1.807, 2.05) is 0 Å². The molecule has 0 bridgehead atoms. The molecule has 0 aliphatic rings. The van der Waals surface area contributed by atoms with Crippen molar-refractivity contribution in [2.45, 2.75) is 13.1 Å². The van der Waals surface area contributed by atoms with E-state index in [-0.39, 0.29) is 22.9 Å². The van der Waals surface area contributed by atoms with Crippen LogP contribution in [0.1, 0.15) is 21.6 Å². The van der Waals surface area contributed by atoms with Gasteiger partial charge in [-0.2, -0.15) is 23.0 Å². The molecular formula is C11H8F3N4O2-. The van der Waals surface area contributed by atoms with E-state index in [0.29, 0.717) is 6.20 Å². The average Bonchev–Trinajstić information content (AvgIpc) is 2.64. The molecule has 0 saturated carbocycles. The van der Waals surface area contributed by atoms with Crippen molar-refractivity contribution in [1.82, 2.24) is 14.8 Å². The van der Waals surface area contributed by atoms with Crippen LogP contribution in [0.15, 0.2) is 18.3 Å². The number of hydrogen-bond donors (Lipinski definition) is 1. The third-order valence-electron chi connectivity index (χ3n) is 2.59. The summed E-state index contributed by atoms with van der Waals surface area (Å²) in [6.45, 7) is 1.39. The summed E-state index contributed by atoms with van der Waals surface area (Å²) in [6.07, 6.45) is -3.89. The Kier molecular flexibility index (Phi) is 3.12. The Hall–Kier alpha value is -2.58. The van der Waals surface area contributed by atoms with Crippen LogP contribution in [0.25, 0.3) is 5.82 Å². The number of nitrogen functional groups attached to an aromatic ring is 1. The second-order valence-corrected chi connectivity index (χ2v) is 3.95. The van der Waals surface area contributed by atoms with Gasteiger partial charge in [0.1, 0.15) is 5.82 Å². The Morgan fingerprint density at radius 2 is 2.05 bits per heavy atom. The average molecular weight is 285 g/mol. The Bertz CT molecular complexity index is 662. The number of anilines is 1. The van der Waals surface area contributed by atoms with Gasteiger partial charge in [-0.05, 0) is 19.1 Å². The van der Waals surface area contributed by atoms with Crippen LogP contribution in [0.5, 0.6) is 0 Å². The molecule has 2 N–H and O–H groups in total. The molecule has 0 saturated heterocycles. The standard InChI is InChI=1S/C11H9F3N4O2/c1-5-8(10(19)20)9(15)18(17-5)7-3-2-6(4-16-7)11(12,13)14/h2-4H,15H2,1H3,(H,19,20)/p-1. The number of carbonyl (C=O) groups is 1. The van der Waals surface area contributed by atoms with E-state index in [0.717, 1.165) is 16.8 Å². The molecule has 0 aliphatic carbocycles.